The molecule has 0 radical (unpaired) electrons. The summed E-state index contributed by atoms with van der Waals surface area (Å²) < 4.78 is 16.8. The molecule has 0 aromatic heterocycles. The van der Waals surface area contributed by atoms with Crippen molar-refractivity contribution in [2.24, 2.45) is 15.4 Å². The first-order chi connectivity index (χ1) is 13.8. The highest BCUT2D eigenvalue weighted by atomic mass is 32.2. The van der Waals surface area contributed by atoms with Crippen molar-refractivity contribution in [3.8, 4) is 0 Å². The van der Waals surface area contributed by atoms with Gasteiger partial charge in [0.25, 0.3) is 0 Å². The Kier molecular flexibility index (Phi) is 5.49. The van der Waals surface area contributed by atoms with Crippen LogP contribution in [0.2, 0.25) is 0 Å². The highest BCUT2D eigenvalue weighted by molar-refractivity contribution is 7.91. The average Bonchev–Trinajstić information content (AvgIpc) is 3.30. The smallest absolute Gasteiger partial charge is 0.305 e. The zero-order valence-corrected chi connectivity index (χ0v) is 18.0. The average molecular weight is 412 g/mol. The van der Waals surface area contributed by atoms with E-state index in [2.05, 4.69) is 29.6 Å². The van der Waals surface area contributed by atoms with E-state index in [1.54, 1.807) is 12.1 Å². The number of hydrogen-bond donors (Lipinski definition) is 2. The highest BCUT2D eigenvalue weighted by Crippen LogP contribution is 2.38. The van der Waals surface area contributed by atoms with Crippen LogP contribution in [-0.2, 0) is 42.0 Å². The molecular weight excluding hydrogens is 382 g/mol. The number of anilines is 1. The minimum absolute atomic E-state index is 0.378. The SMILES string of the molecule is CC(C)Cc1ccc([S@](N)(=O)=NC(=O)Nc2c3c(cc4c2CCC4)CCC3)cc1. The number of nitrogens with two attached hydrogens (primary N) is 1. The van der Waals surface area contributed by atoms with Crippen LogP contribution in [0.15, 0.2) is 39.6 Å². The molecule has 2 aromatic carbocycles. The molecule has 0 spiro atoms. The van der Waals surface area contributed by atoms with Gasteiger partial charge in [-0.3, -0.25) is 0 Å². The number of carbonyl (C=O) groups excluding carboxylic acids is 1. The fraction of sp³-hybridized carbons (Fsp3) is 0.435. The Balaban J connectivity index is 1.59. The molecule has 2 aliphatic rings. The quantitative estimate of drug-likeness (QED) is 0.758. The molecule has 1 atom stereocenters. The normalized spacial score (nSPS) is 17.0. The van der Waals surface area contributed by atoms with Crippen LogP contribution in [0.25, 0.3) is 0 Å². The molecule has 0 aliphatic heterocycles. The van der Waals surface area contributed by atoms with E-state index in [0.717, 1.165) is 56.2 Å². The largest absolute Gasteiger partial charge is 0.354 e. The highest BCUT2D eigenvalue weighted by Gasteiger charge is 2.25. The summed E-state index contributed by atoms with van der Waals surface area (Å²) in [5.41, 5.74) is 7.14. The summed E-state index contributed by atoms with van der Waals surface area (Å²) in [4.78, 5) is 13.1. The number of urea groups is 1. The van der Waals surface area contributed by atoms with Gasteiger partial charge in [0.15, 0.2) is 0 Å². The maximum absolute atomic E-state index is 12.9. The van der Waals surface area contributed by atoms with Gasteiger partial charge in [0.1, 0.15) is 9.92 Å². The second-order valence-corrected chi connectivity index (χ2v) is 10.4. The molecule has 5 nitrogen and oxygen atoms in total. The summed E-state index contributed by atoms with van der Waals surface area (Å²) in [5, 5.41) is 8.91. The van der Waals surface area contributed by atoms with Crippen molar-refractivity contribution >= 4 is 21.6 Å². The molecule has 154 valence electrons. The zero-order chi connectivity index (χ0) is 20.6. The van der Waals surface area contributed by atoms with Crippen LogP contribution in [0.3, 0.4) is 0 Å². The number of nitrogens with zero attached hydrogens (tertiary/aromatic N) is 1. The first-order valence-electron chi connectivity index (χ1n) is 10.4. The van der Waals surface area contributed by atoms with Crippen molar-refractivity contribution in [2.45, 2.75) is 63.7 Å². The molecule has 0 saturated heterocycles. The third-order valence-corrected chi connectivity index (χ3v) is 7.21. The number of rotatable bonds is 4. The van der Waals surface area contributed by atoms with Gasteiger partial charge in [-0.1, -0.05) is 32.0 Å². The van der Waals surface area contributed by atoms with Crippen LogP contribution < -0.4 is 10.5 Å². The number of fused-ring (bicyclic) bond motifs is 2. The van der Waals surface area contributed by atoms with Gasteiger partial charge in [0, 0.05) is 5.69 Å². The molecule has 0 fully saturated rings. The maximum Gasteiger partial charge on any atom is 0.354 e. The van der Waals surface area contributed by atoms with E-state index in [0.29, 0.717) is 10.8 Å². The zero-order valence-electron chi connectivity index (χ0n) is 17.2. The lowest BCUT2D eigenvalue weighted by atomic mass is 9.99. The Bertz CT molecular complexity index is 1030. The van der Waals surface area contributed by atoms with Crippen molar-refractivity contribution in [2.75, 3.05) is 5.32 Å². The van der Waals surface area contributed by atoms with Crippen LogP contribution in [-0.4, -0.2) is 10.2 Å². The Labute approximate surface area is 173 Å². The predicted molar refractivity (Wildman–Crippen MR) is 118 cm³/mol. The van der Waals surface area contributed by atoms with Crippen LogP contribution in [0.5, 0.6) is 0 Å². The number of carbonyl (C=O) groups is 1. The van der Waals surface area contributed by atoms with Crippen molar-refractivity contribution in [3.63, 3.8) is 0 Å². The third kappa shape index (κ3) is 4.23. The van der Waals surface area contributed by atoms with Crippen LogP contribution in [0.1, 0.15) is 54.5 Å². The maximum atomic E-state index is 12.9. The molecule has 2 aliphatic carbocycles. The van der Waals surface area contributed by atoms with E-state index in [1.165, 1.54) is 22.3 Å². The minimum atomic E-state index is -3.29. The molecule has 2 aromatic rings. The summed E-state index contributed by atoms with van der Waals surface area (Å²) in [7, 11) is -3.29. The van der Waals surface area contributed by atoms with Gasteiger partial charge in [0.2, 0.25) is 0 Å². The summed E-state index contributed by atoms with van der Waals surface area (Å²) in [6, 6.07) is 8.93. The predicted octanol–water partition coefficient (Wildman–Crippen LogP) is 4.80. The lowest BCUT2D eigenvalue weighted by molar-refractivity contribution is 0.260. The molecule has 4 rings (SSSR count). The fourth-order valence-corrected chi connectivity index (χ4v) is 5.49. The lowest BCUT2D eigenvalue weighted by Gasteiger charge is -2.15. The van der Waals surface area contributed by atoms with Gasteiger partial charge in [-0.05, 0) is 90.8 Å². The molecule has 3 N–H and O–H groups in total. The molecule has 0 heterocycles. The van der Waals surface area contributed by atoms with E-state index in [1.807, 2.05) is 12.1 Å². The Hall–Kier alpha value is -2.18. The van der Waals surface area contributed by atoms with Gasteiger partial charge in [0.05, 0.1) is 4.90 Å². The van der Waals surface area contributed by atoms with Crippen molar-refractivity contribution in [1.29, 1.82) is 0 Å². The molecular formula is C23H29N3O2S. The number of amides is 2. The van der Waals surface area contributed by atoms with E-state index in [-0.39, 0.29) is 0 Å². The summed E-state index contributed by atoms with van der Waals surface area (Å²) >= 11 is 0. The number of aryl methyl sites for hydroxylation is 2. The van der Waals surface area contributed by atoms with Gasteiger partial charge in [-0.2, -0.15) is 0 Å². The van der Waals surface area contributed by atoms with E-state index in [9.17, 15) is 9.00 Å². The fourth-order valence-electron chi connectivity index (χ4n) is 4.56. The molecule has 2 amide bonds. The van der Waals surface area contributed by atoms with E-state index < -0.39 is 15.9 Å². The minimum Gasteiger partial charge on any atom is -0.305 e. The first-order valence-corrected chi connectivity index (χ1v) is 12.0. The first kappa shape index (κ1) is 20.1. The standard InChI is InChI=1S/C23H29N3O2S/c1-15(2)13-16-9-11-19(12-10-16)29(24,28)26-23(27)25-22-20-7-3-5-17(20)14-18-6-4-8-21(18)22/h9-12,14-15H,3-8,13H2,1-2H3,(H3,24,25,26,27,28)/t29-/m1/s1. The van der Waals surface area contributed by atoms with E-state index >= 15 is 0 Å². The number of hydrogen-bond acceptors (Lipinski definition) is 2. The Morgan fingerprint density at radius 3 is 2.21 bits per heavy atom. The second kappa shape index (κ2) is 7.92. The van der Waals surface area contributed by atoms with Gasteiger partial charge in [-0.15, -0.1) is 4.36 Å². The molecule has 0 saturated carbocycles. The van der Waals surface area contributed by atoms with Crippen molar-refractivity contribution in [3.05, 3.63) is 58.1 Å². The van der Waals surface area contributed by atoms with E-state index in [4.69, 9.17) is 5.14 Å². The summed E-state index contributed by atoms with van der Waals surface area (Å²) in [6.07, 6.45) is 7.19. The molecule has 0 bridgehead atoms. The third-order valence-electron chi connectivity index (χ3n) is 5.83. The molecule has 29 heavy (non-hydrogen) atoms. The Morgan fingerprint density at radius 2 is 1.66 bits per heavy atom. The number of nitrogens with one attached hydrogen (secondary N) is 1. The van der Waals surface area contributed by atoms with Gasteiger partial charge < -0.3 is 5.32 Å². The second-order valence-electron chi connectivity index (χ2n) is 8.57. The van der Waals surface area contributed by atoms with Gasteiger partial charge in [-0.25, -0.2) is 14.1 Å². The van der Waals surface area contributed by atoms with Crippen LogP contribution in [0, 0.1) is 5.92 Å². The van der Waals surface area contributed by atoms with Crippen LogP contribution >= 0.6 is 0 Å². The molecule has 0 unspecified atom stereocenters. The Morgan fingerprint density at radius 1 is 1.07 bits per heavy atom. The topological polar surface area (TPSA) is 84.6 Å². The lowest BCUT2D eigenvalue weighted by Crippen LogP contribution is -2.19. The summed E-state index contributed by atoms with van der Waals surface area (Å²) in [5.74, 6) is 0.535. The number of benzene rings is 2. The van der Waals surface area contributed by atoms with Crippen LogP contribution in [0.4, 0.5) is 10.5 Å². The molecule has 6 heteroatoms. The van der Waals surface area contributed by atoms with Gasteiger partial charge >= 0.3 is 6.03 Å². The summed E-state index contributed by atoms with van der Waals surface area (Å²) in [6.45, 7) is 4.30. The van der Waals surface area contributed by atoms with Crippen molar-refractivity contribution in [1.82, 2.24) is 0 Å². The monoisotopic (exact) mass is 411 g/mol. The van der Waals surface area contributed by atoms with Crippen molar-refractivity contribution < 1.29 is 9.00 Å².